The maximum absolute atomic E-state index is 11.1. The topological polar surface area (TPSA) is 52.6 Å². The molecule has 0 N–H and O–H groups in total. The van der Waals surface area contributed by atoms with Gasteiger partial charge in [-0.3, -0.25) is 9.59 Å². The molecule has 4 radical (unpaired) electrons. The first-order valence-corrected chi connectivity index (χ1v) is 18.7. The monoisotopic (exact) mass is 752 g/mol. The van der Waals surface area contributed by atoms with Crippen molar-refractivity contribution in [3.8, 4) is 0 Å². The summed E-state index contributed by atoms with van der Waals surface area (Å²) in [7, 11) is 0. The van der Waals surface area contributed by atoms with Crippen LogP contribution in [-0.4, -0.2) is 60.6 Å². The standard InChI is InChI=1S/2C14H28O2S.2C4H9.Sn/c2*1-2-3-4-5-6-7-8-9-10-11-14(15)16-12-13-17;2*1-3-4-2;/h2*17H,2-13H2,1H3;2*1,3-4H2,2H3;/q;;;;+2/p-2. The van der Waals surface area contributed by atoms with Crippen molar-refractivity contribution in [1.29, 1.82) is 0 Å². The molecule has 0 spiro atoms. The fraction of sp³-hybridized carbons (Fsp3) is 0.889. The van der Waals surface area contributed by atoms with Crippen LogP contribution in [0.1, 0.15) is 182 Å². The van der Waals surface area contributed by atoms with Crippen LogP contribution >= 0.6 is 0 Å². The molecule has 0 unspecified atom stereocenters. The third-order valence-corrected chi connectivity index (χ3v) is 6.70. The van der Waals surface area contributed by atoms with Crippen LogP contribution in [0.3, 0.4) is 0 Å². The Balaban J connectivity index is -0.000000175. The molecular formula is C36H72O4S2Sn. The second-order valence-electron chi connectivity index (χ2n) is 10.7. The number of hydrogen-bond donors (Lipinski definition) is 0. The van der Waals surface area contributed by atoms with Gasteiger partial charge in [0.25, 0.3) is 0 Å². The van der Waals surface area contributed by atoms with Crippen molar-refractivity contribution in [1.82, 2.24) is 0 Å². The summed E-state index contributed by atoms with van der Waals surface area (Å²) in [5, 5.41) is 0. The zero-order valence-electron chi connectivity index (χ0n) is 29.2. The van der Waals surface area contributed by atoms with Gasteiger partial charge in [0.05, 0.1) is 13.2 Å². The van der Waals surface area contributed by atoms with Gasteiger partial charge in [0.1, 0.15) is 0 Å². The van der Waals surface area contributed by atoms with E-state index in [-0.39, 0.29) is 35.8 Å². The molecule has 0 saturated carbocycles. The number of carbonyl (C=O) groups is 2. The molecule has 0 amide bonds. The van der Waals surface area contributed by atoms with Gasteiger partial charge in [-0.1, -0.05) is 170 Å². The summed E-state index contributed by atoms with van der Waals surface area (Å²) in [6.45, 7) is 16.7. The van der Waals surface area contributed by atoms with E-state index in [2.05, 4.69) is 41.5 Å². The minimum atomic E-state index is -0.0854. The summed E-state index contributed by atoms with van der Waals surface area (Å²) >= 11 is 9.41. The normalized spacial score (nSPS) is 9.67. The molecule has 43 heavy (non-hydrogen) atoms. The molecule has 0 aliphatic carbocycles. The van der Waals surface area contributed by atoms with Gasteiger partial charge in [0, 0.05) is 12.8 Å². The van der Waals surface area contributed by atoms with Crippen LogP contribution in [0.15, 0.2) is 0 Å². The SMILES string of the molecule is CCCCCCCCCCCC(=O)OCC[S-].CCCCCCCCCCCC(=O)OCC[S-].[CH2]CCC.[CH2]CCC.[Sn+2]. The van der Waals surface area contributed by atoms with Crippen molar-refractivity contribution >= 4 is 61.1 Å². The van der Waals surface area contributed by atoms with E-state index >= 15 is 0 Å². The quantitative estimate of drug-likeness (QED) is 0.0380. The second kappa shape index (κ2) is 54.9. The number of esters is 2. The fourth-order valence-electron chi connectivity index (χ4n) is 3.62. The van der Waals surface area contributed by atoms with Crippen molar-refractivity contribution in [3.63, 3.8) is 0 Å². The van der Waals surface area contributed by atoms with Crippen molar-refractivity contribution in [2.24, 2.45) is 0 Å². The molecule has 0 aliphatic heterocycles. The van der Waals surface area contributed by atoms with E-state index in [4.69, 9.17) is 34.7 Å². The van der Waals surface area contributed by atoms with Gasteiger partial charge in [-0.05, 0) is 12.8 Å². The molecule has 0 aromatic heterocycles. The molecule has 4 nitrogen and oxygen atoms in total. The summed E-state index contributed by atoms with van der Waals surface area (Å²) in [6.07, 6.45) is 28.6. The fourth-order valence-corrected chi connectivity index (χ4v) is 3.78. The van der Waals surface area contributed by atoms with Gasteiger partial charge < -0.3 is 34.7 Å². The minimum absolute atomic E-state index is 0. The van der Waals surface area contributed by atoms with Gasteiger partial charge in [0.2, 0.25) is 0 Å². The maximum atomic E-state index is 11.1. The Morgan fingerprint density at radius 1 is 0.465 bits per heavy atom. The maximum Gasteiger partial charge on any atom is 2.00 e. The van der Waals surface area contributed by atoms with Gasteiger partial charge in [-0.2, -0.15) is 0 Å². The van der Waals surface area contributed by atoms with Crippen LogP contribution in [0.2, 0.25) is 0 Å². The van der Waals surface area contributed by atoms with Gasteiger partial charge in [-0.25, -0.2) is 0 Å². The molecule has 0 aliphatic rings. The molecule has 256 valence electrons. The largest absolute Gasteiger partial charge is 2.00 e. The molecule has 0 heterocycles. The van der Waals surface area contributed by atoms with E-state index in [1.54, 1.807) is 0 Å². The van der Waals surface area contributed by atoms with Gasteiger partial charge >= 0.3 is 35.8 Å². The molecule has 0 atom stereocenters. The van der Waals surface area contributed by atoms with Crippen LogP contribution < -0.4 is 0 Å². The predicted octanol–water partition coefficient (Wildman–Crippen LogP) is 10.9. The van der Waals surface area contributed by atoms with Gasteiger partial charge in [-0.15, -0.1) is 11.5 Å². The molecule has 0 rings (SSSR count). The molecule has 0 bridgehead atoms. The Hall–Kier alpha value is 0.439. The van der Waals surface area contributed by atoms with Crippen LogP contribution in [0.5, 0.6) is 0 Å². The van der Waals surface area contributed by atoms with Crippen LogP contribution in [0.4, 0.5) is 0 Å². The minimum Gasteiger partial charge on any atom is -0.789 e. The molecule has 7 heteroatoms. The third kappa shape index (κ3) is 66.0. The summed E-state index contributed by atoms with van der Waals surface area (Å²) in [6, 6.07) is 0. The molecule has 0 fully saturated rings. The number of rotatable bonds is 26. The molecule has 0 aromatic carbocycles. The van der Waals surface area contributed by atoms with Crippen molar-refractivity contribution in [2.45, 2.75) is 182 Å². The Bertz CT molecular complexity index is 436. The van der Waals surface area contributed by atoms with E-state index in [0.717, 1.165) is 38.5 Å². The van der Waals surface area contributed by atoms with E-state index in [1.165, 1.54) is 103 Å². The van der Waals surface area contributed by atoms with Crippen LogP contribution in [0.25, 0.3) is 0 Å². The summed E-state index contributed by atoms with van der Waals surface area (Å²) in [5.74, 6) is 0.836. The van der Waals surface area contributed by atoms with Crippen LogP contribution in [-0.2, 0) is 44.3 Å². The summed E-state index contributed by atoms with van der Waals surface area (Å²) in [5.41, 5.74) is 0. The average Bonchev–Trinajstić information content (AvgIpc) is 3.01. The Labute approximate surface area is 298 Å². The van der Waals surface area contributed by atoms with Crippen molar-refractivity contribution in [3.05, 3.63) is 13.8 Å². The smallest absolute Gasteiger partial charge is 0.789 e. The van der Waals surface area contributed by atoms with E-state index in [1.807, 2.05) is 0 Å². The number of carbonyl (C=O) groups excluding carboxylic acids is 2. The molecular weight excluding hydrogens is 679 g/mol. The van der Waals surface area contributed by atoms with Crippen molar-refractivity contribution < 1.29 is 19.1 Å². The van der Waals surface area contributed by atoms with E-state index < -0.39 is 0 Å². The number of ether oxygens (including phenoxy) is 2. The molecule has 0 saturated heterocycles. The van der Waals surface area contributed by atoms with E-state index in [9.17, 15) is 9.59 Å². The first kappa shape index (κ1) is 52.9. The van der Waals surface area contributed by atoms with Crippen molar-refractivity contribution in [2.75, 3.05) is 24.7 Å². The van der Waals surface area contributed by atoms with Gasteiger partial charge in [0.15, 0.2) is 0 Å². The third-order valence-electron chi connectivity index (χ3n) is 6.37. The number of unbranched alkanes of at least 4 members (excludes halogenated alkanes) is 18. The first-order valence-electron chi connectivity index (χ1n) is 17.5. The predicted molar refractivity (Wildman–Crippen MR) is 196 cm³/mol. The Kier molecular flexibility index (Phi) is 67.6. The zero-order valence-corrected chi connectivity index (χ0v) is 33.6. The summed E-state index contributed by atoms with van der Waals surface area (Å²) in [4.78, 5) is 22.3. The second-order valence-corrected chi connectivity index (χ2v) is 11.5. The average molecular weight is 752 g/mol. The molecule has 0 aromatic rings. The summed E-state index contributed by atoms with van der Waals surface area (Å²) < 4.78 is 9.84. The first-order chi connectivity index (χ1) is 20.4. The Morgan fingerprint density at radius 3 is 0.907 bits per heavy atom. The number of hydrogen-bond acceptors (Lipinski definition) is 6. The van der Waals surface area contributed by atoms with Crippen LogP contribution in [0, 0.1) is 13.8 Å². The van der Waals surface area contributed by atoms with E-state index in [0.29, 0.717) is 37.6 Å². The Morgan fingerprint density at radius 2 is 0.698 bits per heavy atom. The zero-order chi connectivity index (χ0) is 32.4.